The SMILES string of the molecule is CC.CC.N#CC(C#N)=C1/C(=C/c2cc3c(s2)-c2sc(/C=C4\C(=O)c5ccccc5C4=C(C#N)C#N)cc2C32CCCCC2)C(=O)c2ccccc21. The molecule has 1 spiro atoms. The molecule has 254 valence electrons. The Balaban J connectivity index is 0.00000112. The molecule has 0 saturated heterocycles. The van der Waals surface area contributed by atoms with Crippen molar-refractivity contribution in [2.45, 2.75) is 65.2 Å². The van der Waals surface area contributed by atoms with Gasteiger partial charge in [-0.25, -0.2) is 0 Å². The normalized spacial score (nSPS) is 17.0. The molecule has 4 aliphatic carbocycles. The van der Waals surface area contributed by atoms with E-state index < -0.39 is 0 Å². The Kier molecular flexibility index (Phi) is 10.2. The van der Waals surface area contributed by atoms with E-state index in [1.54, 1.807) is 71.2 Å². The molecule has 1 saturated carbocycles. The van der Waals surface area contributed by atoms with Crippen molar-refractivity contribution in [3.63, 3.8) is 0 Å². The van der Waals surface area contributed by atoms with Gasteiger partial charge in [0.2, 0.25) is 0 Å². The Morgan fingerprint density at radius 1 is 0.596 bits per heavy atom. The molecule has 0 aliphatic heterocycles. The van der Waals surface area contributed by atoms with Crippen LogP contribution in [-0.2, 0) is 5.41 Å². The van der Waals surface area contributed by atoms with Crippen molar-refractivity contribution in [3.05, 3.63) is 126 Å². The van der Waals surface area contributed by atoms with Gasteiger partial charge in [0.25, 0.3) is 0 Å². The first-order chi connectivity index (χ1) is 25.4. The van der Waals surface area contributed by atoms with E-state index in [-0.39, 0.29) is 28.1 Å². The third kappa shape index (κ3) is 5.49. The van der Waals surface area contributed by atoms with Crippen LogP contribution in [0.5, 0.6) is 0 Å². The molecule has 0 N–H and O–H groups in total. The molecule has 0 bridgehead atoms. The Morgan fingerprint density at radius 3 is 1.33 bits per heavy atom. The fourth-order valence-electron chi connectivity index (χ4n) is 7.83. The van der Waals surface area contributed by atoms with Crippen LogP contribution in [0.2, 0.25) is 0 Å². The number of nitriles is 4. The van der Waals surface area contributed by atoms with Gasteiger partial charge in [-0.05, 0) is 59.4 Å². The van der Waals surface area contributed by atoms with E-state index in [2.05, 4.69) is 12.1 Å². The molecule has 2 aromatic heterocycles. The van der Waals surface area contributed by atoms with Crippen LogP contribution in [0.15, 0.2) is 83.0 Å². The second-order valence-corrected chi connectivity index (χ2v) is 14.4. The number of benzene rings is 2. The quantitative estimate of drug-likeness (QED) is 0.150. The highest BCUT2D eigenvalue weighted by Crippen LogP contribution is 2.61. The predicted molar refractivity (Wildman–Crippen MR) is 208 cm³/mol. The lowest BCUT2D eigenvalue weighted by Crippen LogP contribution is -2.27. The van der Waals surface area contributed by atoms with Crippen molar-refractivity contribution in [2.75, 3.05) is 0 Å². The molecule has 0 amide bonds. The molecule has 4 aliphatic rings. The number of carbonyl (C=O) groups excluding carboxylic acids is 2. The summed E-state index contributed by atoms with van der Waals surface area (Å²) < 4.78 is 0. The summed E-state index contributed by atoms with van der Waals surface area (Å²) in [4.78, 5) is 31.3. The van der Waals surface area contributed by atoms with E-state index >= 15 is 0 Å². The predicted octanol–water partition coefficient (Wildman–Crippen LogP) is 11.3. The van der Waals surface area contributed by atoms with Gasteiger partial charge in [-0.3, -0.25) is 9.59 Å². The molecule has 0 unspecified atom stereocenters. The number of Topliss-reactive ketones (excluding diaryl/α,β-unsaturated/α-hetero) is 2. The summed E-state index contributed by atoms with van der Waals surface area (Å²) in [6, 6.07) is 26.5. The Morgan fingerprint density at radius 2 is 0.962 bits per heavy atom. The first-order valence-corrected chi connectivity index (χ1v) is 19.2. The Labute approximate surface area is 312 Å². The molecule has 4 aromatic rings. The second-order valence-electron chi connectivity index (χ2n) is 12.2. The van der Waals surface area contributed by atoms with Gasteiger partial charge in [-0.15, -0.1) is 22.7 Å². The zero-order valence-electron chi connectivity index (χ0n) is 29.4. The number of rotatable bonds is 2. The first-order valence-electron chi connectivity index (χ1n) is 17.5. The van der Waals surface area contributed by atoms with E-state index in [0.717, 1.165) is 51.6 Å². The maximum Gasteiger partial charge on any atom is 0.194 e. The number of ketones is 2. The average Bonchev–Trinajstić information content (AvgIpc) is 3.98. The monoisotopic (exact) mass is 714 g/mol. The van der Waals surface area contributed by atoms with Crippen molar-refractivity contribution in [2.24, 2.45) is 0 Å². The summed E-state index contributed by atoms with van der Waals surface area (Å²) >= 11 is 3.20. The second kappa shape index (κ2) is 14.8. The summed E-state index contributed by atoms with van der Waals surface area (Å²) in [6.07, 6.45) is 8.96. The number of hydrogen-bond donors (Lipinski definition) is 0. The van der Waals surface area contributed by atoms with Crippen LogP contribution in [0, 0.1) is 45.3 Å². The Bertz CT molecular complexity index is 2270. The third-order valence-corrected chi connectivity index (χ3v) is 12.2. The van der Waals surface area contributed by atoms with Gasteiger partial charge in [0.1, 0.15) is 35.4 Å². The molecular weight excluding hydrogens is 681 g/mol. The zero-order chi connectivity index (χ0) is 37.2. The Hall–Kier alpha value is -5.90. The van der Waals surface area contributed by atoms with Crippen molar-refractivity contribution in [1.29, 1.82) is 21.0 Å². The third-order valence-electron chi connectivity index (χ3n) is 9.88. The topological polar surface area (TPSA) is 129 Å². The number of carbonyl (C=O) groups is 2. The fourth-order valence-corrected chi connectivity index (χ4v) is 10.4. The molecule has 8 heteroatoms. The molecule has 0 radical (unpaired) electrons. The maximum atomic E-state index is 13.6. The van der Waals surface area contributed by atoms with E-state index in [1.807, 2.05) is 64.1 Å². The van der Waals surface area contributed by atoms with Crippen LogP contribution in [-0.4, -0.2) is 11.6 Å². The van der Waals surface area contributed by atoms with E-state index in [1.165, 1.54) is 11.1 Å². The molecule has 2 aromatic carbocycles. The van der Waals surface area contributed by atoms with Crippen LogP contribution >= 0.6 is 22.7 Å². The molecule has 1 fully saturated rings. The van der Waals surface area contributed by atoms with Crippen molar-refractivity contribution < 1.29 is 9.59 Å². The van der Waals surface area contributed by atoms with Gasteiger partial charge < -0.3 is 0 Å². The minimum absolute atomic E-state index is 0.0846. The van der Waals surface area contributed by atoms with Crippen LogP contribution in [0.1, 0.15) is 113 Å². The largest absolute Gasteiger partial charge is 0.289 e. The molecule has 0 atom stereocenters. The smallest absolute Gasteiger partial charge is 0.194 e. The maximum absolute atomic E-state index is 13.6. The molecule has 52 heavy (non-hydrogen) atoms. The highest BCUT2D eigenvalue weighted by molar-refractivity contribution is 7.23. The number of nitrogens with zero attached hydrogens (tertiary/aromatic N) is 4. The lowest BCUT2D eigenvalue weighted by Gasteiger charge is -2.34. The molecule has 6 nitrogen and oxygen atoms in total. The van der Waals surface area contributed by atoms with Crippen LogP contribution in [0.4, 0.5) is 0 Å². The minimum Gasteiger partial charge on any atom is -0.289 e. The van der Waals surface area contributed by atoms with E-state index in [0.29, 0.717) is 44.5 Å². The minimum atomic E-state index is -0.199. The number of fused-ring (bicyclic) bond motifs is 7. The highest BCUT2D eigenvalue weighted by atomic mass is 32.1. The number of thiophene rings is 2. The van der Waals surface area contributed by atoms with Gasteiger partial charge in [-0.2, -0.15) is 21.0 Å². The average molecular weight is 715 g/mol. The van der Waals surface area contributed by atoms with Gasteiger partial charge >= 0.3 is 0 Å². The van der Waals surface area contributed by atoms with Crippen LogP contribution < -0.4 is 0 Å². The standard InChI is InChI=1S/C40H22N4O2S2.2C2H6/c41-18-22(19-42)34-26-8-2-4-10-28(26)36(45)30(34)14-24-16-32-38(47-24)39-33(40(32)12-6-1-7-13-40)17-25(48-39)15-31-35(23(20-43)21-44)27-9-3-5-11-29(27)37(31)46;2*1-2/h2-5,8-11,14-17H,1,6-7,12-13H2;2*1-2H3/b30-14-,31-15-;;. The summed E-state index contributed by atoms with van der Waals surface area (Å²) in [7, 11) is 0. The van der Waals surface area contributed by atoms with Crippen molar-refractivity contribution in [1.82, 2.24) is 0 Å². The lowest BCUT2D eigenvalue weighted by molar-refractivity contribution is 0.103. The van der Waals surface area contributed by atoms with Gasteiger partial charge in [0, 0.05) is 58.3 Å². The van der Waals surface area contributed by atoms with Gasteiger partial charge in [-0.1, -0.05) is 95.5 Å². The zero-order valence-corrected chi connectivity index (χ0v) is 31.0. The fraction of sp³-hybridized carbons (Fsp3) is 0.227. The van der Waals surface area contributed by atoms with E-state index in [4.69, 9.17) is 0 Å². The lowest BCUT2D eigenvalue weighted by atomic mass is 9.68. The summed E-state index contributed by atoms with van der Waals surface area (Å²) in [5.74, 6) is -0.397. The van der Waals surface area contributed by atoms with Gasteiger partial charge in [0.15, 0.2) is 11.6 Å². The first kappa shape index (κ1) is 35.9. The van der Waals surface area contributed by atoms with Crippen LogP contribution in [0.3, 0.4) is 0 Å². The molecule has 2 heterocycles. The summed E-state index contributed by atoms with van der Waals surface area (Å²) in [5, 5.41) is 39.1. The van der Waals surface area contributed by atoms with E-state index in [9.17, 15) is 30.6 Å². The molecular formula is C44H34N4O2S2. The molecule has 8 rings (SSSR count). The van der Waals surface area contributed by atoms with Gasteiger partial charge in [0.05, 0.1) is 0 Å². The van der Waals surface area contributed by atoms with Crippen molar-refractivity contribution >= 4 is 57.5 Å². The highest BCUT2D eigenvalue weighted by Gasteiger charge is 2.46. The van der Waals surface area contributed by atoms with Crippen LogP contribution in [0.25, 0.3) is 33.1 Å². The summed E-state index contributed by atoms with van der Waals surface area (Å²) in [6.45, 7) is 8.00. The van der Waals surface area contributed by atoms with Crippen molar-refractivity contribution in [3.8, 4) is 34.0 Å². The number of allylic oxidation sites excluding steroid dienone is 6. The summed E-state index contributed by atoms with van der Waals surface area (Å²) in [5.41, 5.74) is 5.78. The number of hydrogen-bond acceptors (Lipinski definition) is 8.